The summed E-state index contributed by atoms with van der Waals surface area (Å²) >= 11 is 0. The van der Waals surface area contributed by atoms with Gasteiger partial charge < -0.3 is 14.4 Å². The fourth-order valence-corrected chi connectivity index (χ4v) is 4.35. The average Bonchev–Trinajstić information content (AvgIpc) is 2.69. The number of aromatic nitrogens is 2. The third-order valence-corrected chi connectivity index (χ3v) is 7.67. The van der Waals surface area contributed by atoms with Gasteiger partial charge in [0.1, 0.15) is 5.75 Å². The molecule has 9 heteroatoms. The number of phenols is 1. The third-order valence-electron chi connectivity index (χ3n) is 4.94. The molecule has 2 N–H and O–H groups in total. The van der Waals surface area contributed by atoms with Gasteiger partial charge in [0, 0.05) is 6.07 Å². The number of nitrogens with one attached hydrogen (secondary N) is 1. The maximum atomic E-state index is 13.8. The van der Waals surface area contributed by atoms with E-state index in [1.807, 2.05) is 27.7 Å². The van der Waals surface area contributed by atoms with Crippen molar-refractivity contribution in [2.24, 2.45) is 0 Å². The molecule has 28 heavy (non-hydrogen) atoms. The van der Waals surface area contributed by atoms with Gasteiger partial charge in [-0.2, -0.15) is 9.72 Å². The summed E-state index contributed by atoms with van der Waals surface area (Å²) in [4.78, 5) is 0. The summed E-state index contributed by atoms with van der Waals surface area (Å²) in [6.07, 6.45) is 1.13. The van der Waals surface area contributed by atoms with Crippen LogP contribution in [0.3, 0.4) is 0 Å². The number of hydrogen-bond acceptors (Lipinski definition) is 8. The summed E-state index contributed by atoms with van der Waals surface area (Å²) in [5, 5.41) is 17.2. The van der Waals surface area contributed by atoms with Crippen molar-refractivity contribution in [2.45, 2.75) is 52.6 Å². The number of anilines is 1. The van der Waals surface area contributed by atoms with Crippen LogP contribution in [0.2, 0.25) is 0 Å². The number of aryl methyl sites for hydroxylation is 2. The smallest absolute Gasteiger partial charge is 0.406 e. The number of ether oxygens (including phenoxy) is 1. The van der Waals surface area contributed by atoms with Crippen LogP contribution in [-0.2, 0) is 9.19 Å². The molecule has 0 aliphatic carbocycles. The van der Waals surface area contributed by atoms with Crippen LogP contribution in [0, 0.1) is 13.8 Å². The Morgan fingerprint density at radius 3 is 2.39 bits per heavy atom. The Morgan fingerprint density at radius 1 is 1.18 bits per heavy atom. The van der Waals surface area contributed by atoms with Gasteiger partial charge in [0.2, 0.25) is 0 Å². The first-order chi connectivity index (χ1) is 13.2. The van der Waals surface area contributed by atoms with Gasteiger partial charge in [0.15, 0.2) is 17.3 Å². The summed E-state index contributed by atoms with van der Waals surface area (Å²) in [6, 6.07) is 6.51. The lowest BCUT2D eigenvalue weighted by molar-refractivity contribution is 0.278. The molecule has 0 spiro atoms. The van der Waals surface area contributed by atoms with E-state index in [1.54, 1.807) is 25.1 Å². The maximum Gasteiger partial charge on any atom is 0.406 e. The highest BCUT2D eigenvalue weighted by atomic mass is 31.2. The summed E-state index contributed by atoms with van der Waals surface area (Å²) in [7, 11) is -2.28. The predicted octanol–water partition coefficient (Wildman–Crippen LogP) is 5.00. The number of hydrogen-bond donors (Lipinski definition) is 2. The Kier molecular flexibility index (Phi) is 6.91. The summed E-state index contributed by atoms with van der Waals surface area (Å²) in [6.45, 7) is 9.22. The molecule has 1 aromatic carbocycles. The molecule has 0 bridgehead atoms. The Balaban J connectivity index is 2.37. The molecule has 154 valence electrons. The van der Waals surface area contributed by atoms with E-state index in [2.05, 4.69) is 15.7 Å². The molecule has 0 saturated heterocycles. The highest BCUT2D eigenvalue weighted by molar-refractivity contribution is 7.56. The average molecular weight is 409 g/mol. The normalized spacial score (nSPS) is 13.6. The highest BCUT2D eigenvalue weighted by Crippen LogP contribution is 2.62. The van der Waals surface area contributed by atoms with Crippen LogP contribution in [0.15, 0.2) is 24.3 Å². The van der Waals surface area contributed by atoms with E-state index >= 15 is 0 Å². The number of benzene rings is 1. The monoisotopic (exact) mass is 409 g/mol. The number of methoxy groups -OCH3 is 1. The fraction of sp³-hybridized carbons (Fsp3) is 0.474. The zero-order valence-electron chi connectivity index (χ0n) is 17.1. The van der Waals surface area contributed by atoms with Crippen LogP contribution in [0.4, 0.5) is 5.82 Å². The van der Waals surface area contributed by atoms with Crippen molar-refractivity contribution in [3.05, 3.63) is 35.5 Å². The second-order valence-corrected chi connectivity index (χ2v) is 9.28. The van der Waals surface area contributed by atoms with Crippen molar-refractivity contribution in [1.29, 1.82) is 0 Å². The van der Waals surface area contributed by atoms with E-state index in [9.17, 15) is 9.67 Å². The number of rotatable bonds is 9. The molecule has 0 amide bonds. The number of aromatic hydroxyl groups is 1. The van der Waals surface area contributed by atoms with Crippen LogP contribution >= 0.6 is 7.60 Å². The van der Waals surface area contributed by atoms with E-state index in [0.29, 0.717) is 24.2 Å². The van der Waals surface area contributed by atoms with Gasteiger partial charge in [-0.15, -0.1) is 5.10 Å². The van der Waals surface area contributed by atoms with Gasteiger partial charge in [-0.05, 0) is 57.4 Å². The van der Waals surface area contributed by atoms with E-state index in [-0.39, 0.29) is 17.2 Å². The van der Waals surface area contributed by atoms with Crippen LogP contribution in [-0.4, -0.2) is 27.6 Å². The van der Waals surface area contributed by atoms with Gasteiger partial charge in [0.05, 0.1) is 18.0 Å². The van der Waals surface area contributed by atoms with Gasteiger partial charge in [-0.1, -0.05) is 13.8 Å². The zero-order chi connectivity index (χ0) is 20.9. The van der Waals surface area contributed by atoms with Gasteiger partial charge >= 0.3 is 7.60 Å². The van der Waals surface area contributed by atoms with Crippen molar-refractivity contribution in [2.75, 3.05) is 12.6 Å². The van der Waals surface area contributed by atoms with E-state index in [1.165, 1.54) is 13.2 Å². The number of phenolic OH excluding ortho intramolecular Hbond substituents is 1. The standard InChI is InChI=1S/C19H28N3O5P/c1-7-19(5,8-2)28(24,27-22-17-10-9-14(4)20-21-17)26-15-11-13(3)18(23)16(12-15)25-6/h9-12,23H,7-8H2,1-6H3,(H,21,22). The third kappa shape index (κ3) is 4.56. The lowest BCUT2D eigenvalue weighted by atomic mass is 10.1. The van der Waals surface area contributed by atoms with Crippen LogP contribution < -0.4 is 14.7 Å². The van der Waals surface area contributed by atoms with Crippen LogP contribution in [0.5, 0.6) is 17.2 Å². The van der Waals surface area contributed by atoms with Crippen molar-refractivity contribution >= 4 is 13.4 Å². The molecule has 0 aliphatic heterocycles. The molecule has 2 aromatic rings. The quantitative estimate of drug-likeness (QED) is 0.440. The SMILES string of the molecule is CCC(C)(CC)P(=O)(ONc1ccc(C)nn1)Oc1cc(C)c(O)c(OC)c1. The molecule has 1 heterocycles. The van der Waals surface area contributed by atoms with Gasteiger partial charge in [-0.3, -0.25) is 0 Å². The lowest BCUT2D eigenvalue weighted by Crippen LogP contribution is -2.28. The molecular formula is C19H28N3O5P. The predicted molar refractivity (Wildman–Crippen MR) is 108 cm³/mol. The largest absolute Gasteiger partial charge is 0.504 e. The maximum absolute atomic E-state index is 13.8. The molecule has 8 nitrogen and oxygen atoms in total. The lowest BCUT2D eigenvalue weighted by Gasteiger charge is -2.34. The first-order valence-corrected chi connectivity index (χ1v) is 10.6. The molecule has 1 unspecified atom stereocenters. The van der Waals surface area contributed by atoms with Crippen LogP contribution in [0.25, 0.3) is 0 Å². The number of nitrogens with zero attached hydrogens (tertiary/aromatic N) is 2. The highest BCUT2D eigenvalue weighted by Gasteiger charge is 2.47. The second kappa shape index (κ2) is 8.80. The second-order valence-electron chi connectivity index (χ2n) is 6.84. The van der Waals surface area contributed by atoms with E-state index in [4.69, 9.17) is 13.9 Å². The van der Waals surface area contributed by atoms with Crippen molar-refractivity contribution in [3.63, 3.8) is 0 Å². The van der Waals surface area contributed by atoms with Crippen molar-refractivity contribution in [1.82, 2.24) is 10.2 Å². The van der Waals surface area contributed by atoms with Gasteiger partial charge in [-0.25, -0.2) is 10.0 Å². The Morgan fingerprint density at radius 2 is 1.86 bits per heavy atom. The first-order valence-electron chi connectivity index (χ1n) is 9.10. The molecule has 0 saturated carbocycles. The minimum absolute atomic E-state index is 0.00685. The Labute approximate surface area is 165 Å². The molecule has 1 aromatic heterocycles. The topological polar surface area (TPSA) is 103 Å². The Bertz CT molecular complexity index is 853. The molecule has 1 atom stereocenters. The first kappa shape index (κ1) is 22.0. The van der Waals surface area contributed by atoms with Crippen molar-refractivity contribution < 1.29 is 23.6 Å². The summed E-state index contributed by atoms with van der Waals surface area (Å²) < 4.78 is 30.5. The summed E-state index contributed by atoms with van der Waals surface area (Å²) in [5.41, 5.74) is 3.91. The van der Waals surface area contributed by atoms with Crippen LogP contribution in [0.1, 0.15) is 44.9 Å². The molecule has 0 aliphatic rings. The zero-order valence-corrected chi connectivity index (χ0v) is 18.0. The molecular weight excluding hydrogens is 381 g/mol. The van der Waals surface area contributed by atoms with E-state index in [0.717, 1.165) is 5.69 Å². The Hall–Kier alpha value is -2.31. The minimum Gasteiger partial charge on any atom is -0.504 e. The van der Waals surface area contributed by atoms with Gasteiger partial charge in [0.25, 0.3) is 0 Å². The molecule has 0 radical (unpaired) electrons. The van der Waals surface area contributed by atoms with E-state index < -0.39 is 12.8 Å². The molecule has 0 fully saturated rings. The fourth-order valence-electron chi connectivity index (χ4n) is 2.50. The van der Waals surface area contributed by atoms with Crippen molar-refractivity contribution in [3.8, 4) is 17.2 Å². The summed E-state index contributed by atoms with van der Waals surface area (Å²) in [5.74, 6) is 0.838. The molecule has 2 rings (SSSR count). The minimum atomic E-state index is -3.72.